The summed E-state index contributed by atoms with van der Waals surface area (Å²) < 4.78 is 5.43. The lowest BCUT2D eigenvalue weighted by atomic mass is 9.76. The Bertz CT molecular complexity index is 424. The Morgan fingerprint density at radius 3 is 3.00 bits per heavy atom. The molecule has 2 aliphatic rings. The second kappa shape index (κ2) is 4.65. The van der Waals surface area contributed by atoms with E-state index in [0.717, 1.165) is 26.0 Å². The highest BCUT2D eigenvalue weighted by Gasteiger charge is 2.43. The summed E-state index contributed by atoms with van der Waals surface area (Å²) in [6.07, 6.45) is 2.00. The van der Waals surface area contributed by atoms with Crippen molar-refractivity contribution in [3.8, 4) is 0 Å². The molecule has 0 saturated carbocycles. The Morgan fingerprint density at radius 1 is 1.39 bits per heavy atom. The molecule has 2 heterocycles. The number of hydrogen-bond acceptors (Lipinski definition) is 3. The summed E-state index contributed by atoms with van der Waals surface area (Å²) in [6.45, 7) is 4.33. The second-order valence-corrected chi connectivity index (χ2v) is 5.62. The molecule has 0 aliphatic carbocycles. The third-order valence-corrected chi connectivity index (χ3v) is 4.45. The first-order valence-corrected chi connectivity index (χ1v) is 6.81. The van der Waals surface area contributed by atoms with Crippen molar-refractivity contribution < 1.29 is 9.84 Å². The molecule has 18 heavy (non-hydrogen) atoms. The topological polar surface area (TPSA) is 41.5 Å². The smallest absolute Gasteiger partial charge is 0.0864 e. The SMILES string of the molecule is CC(O)(C1CCOC1)C1NCCc2ccccc21. The van der Waals surface area contributed by atoms with Gasteiger partial charge < -0.3 is 15.2 Å². The molecule has 1 aromatic carbocycles. The van der Waals surface area contributed by atoms with Crippen LogP contribution in [0, 0.1) is 5.92 Å². The molecule has 3 heteroatoms. The lowest BCUT2D eigenvalue weighted by Crippen LogP contribution is -2.50. The number of fused-ring (bicyclic) bond motifs is 1. The molecule has 0 spiro atoms. The average Bonchev–Trinajstić information content (AvgIpc) is 2.92. The molecule has 0 amide bonds. The van der Waals surface area contributed by atoms with Gasteiger partial charge in [-0.2, -0.15) is 0 Å². The molecule has 1 fully saturated rings. The fourth-order valence-electron chi connectivity index (χ4n) is 3.26. The maximum atomic E-state index is 10.9. The molecule has 98 valence electrons. The number of nitrogens with one attached hydrogen (secondary N) is 1. The van der Waals surface area contributed by atoms with Crippen LogP contribution in [-0.2, 0) is 11.2 Å². The van der Waals surface area contributed by atoms with Crippen molar-refractivity contribution in [1.82, 2.24) is 5.32 Å². The van der Waals surface area contributed by atoms with Crippen LogP contribution >= 0.6 is 0 Å². The van der Waals surface area contributed by atoms with Crippen LogP contribution in [0.5, 0.6) is 0 Å². The summed E-state index contributed by atoms with van der Waals surface area (Å²) in [7, 11) is 0. The van der Waals surface area contributed by atoms with E-state index in [1.807, 2.05) is 6.92 Å². The summed E-state index contributed by atoms with van der Waals surface area (Å²) in [5.74, 6) is 0.223. The van der Waals surface area contributed by atoms with E-state index in [2.05, 4.69) is 29.6 Å². The quantitative estimate of drug-likeness (QED) is 0.835. The van der Waals surface area contributed by atoms with Crippen molar-refractivity contribution in [2.75, 3.05) is 19.8 Å². The fourth-order valence-corrected chi connectivity index (χ4v) is 3.26. The first-order valence-electron chi connectivity index (χ1n) is 6.81. The average molecular weight is 247 g/mol. The van der Waals surface area contributed by atoms with Gasteiger partial charge in [0.15, 0.2) is 0 Å². The van der Waals surface area contributed by atoms with Gasteiger partial charge in [-0.05, 0) is 37.4 Å². The molecule has 0 bridgehead atoms. The van der Waals surface area contributed by atoms with Crippen molar-refractivity contribution in [3.63, 3.8) is 0 Å². The predicted molar refractivity (Wildman–Crippen MR) is 70.4 cm³/mol. The van der Waals surface area contributed by atoms with Crippen LogP contribution in [0.4, 0.5) is 0 Å². The Labute approximate surface area is 108 Å². The number of benzene rings is 1. The molecule has 3 nitrogen and oxygen atoms in total. The van der Waals surface area contributed by atoms with Gasteiger partial charge in [0.25, 0.3) is 0 Å². The summed E-state index contributed by atoms with van der Waals surface area (Å²) >= 11 is 0. The lowest BCUT2D eigenvalue weighted by molar-refractivity contribution is -0.0402. The molecule has 0 aromatic heterocycles. The maximum Gasteiger partial charge on any atom is 0.0864 e. The minimum atomic E-state index is -0.743. The van der Waals surface area contributed by atoms with Gasteiger partial charge in [-0.15, -0.1) is 0 Å². The summed E-state index contributed by atoms with van der Waals surface area (Å²) in [5.41, 5.74) is 1.87. The van der Waals surface area contributed by atoms with E-state index >= 15 is 0 Å². The van der Waals surface area contributed by atoms with Crippen LogP contribution < -0.4 is 5.32 Å². The number of rotatable bonds is 2. The summed E-state index contributed by atoms with van der Waals surface area (Å²) in [6, 6.07) is 8.46. The van der Waals surface area contributed by atoms with Gasteiger partial charge in [0.1, 0.15) is 0 Å². The molecule has 3 unspecified atom stereocenters. The lowest BCUT2D eigenvalue weighted by Gasteiger charge is -2.41. The first-order chi connectivity index (χ1) is 8.69. The molecule has 2 N–H and O–H groups in total. The van der Waals surface area contributed by atoms with Crippen molar-refractivity contribution in [1.29, 1.82) is 0 Å². The van der Waals surface area contributed by atoms with Gasteiger partial charge in [0, 0.05) is 12.5 Å². The molecular formula is C15H21NO2. The molecule has 1 saturated heterocycles. The van der Waals surface area contributed by atoms with Crippen molar-refractivity contribution >= 4 is 0 Å². The minimum absolute atomic E-state index is 0.0224. The van der Waals surface area contributed by atoms with Gasteiger partial charge in [-0.25, -0.2) is 0 Å². The zero-order valence-electron chi connectivity index (χ0n) is 10.9. The van der Waals surface area contributed by atoms with Crippen LogP contribution in [0.15, 0.2) is 24.3 Å². The fraction of sp³-hybridized carbons (Fsp3) is 0.600. The minimum Gasteiger partial charge on any atom is -0.388 e. The van der Waals surface area contributed by atoms with Crippen molar-refractivity contribution in [3.05, 3.63) is 35.4 Å². The van der Waals surface area contributed by atoms with Crippen molar-refractivity contribution in [2.45, 2.75) is 31.4 Å². The summed E-state index contributed by atoms with van der Waals surface area (Å²) in [4.78, 5) is 0. The standard InChI is InChI=1S/C15H21NO2/c1-15(17,12-7-9-18-10-12)14-13-5-3-2-4-11(13)6-8-16-14/h2-5,12,14,16-17H,6-10H2,1H3. The van der Waals surface area contributed by atoms with Gasteiger partial charge in [0.2, 0.25) is 0 Å². The van der Waals surface area contributed by atoms with E-state index in [1.54, 1.807) is 0 Å². The van der Waals surface area contributed by atoms with Crippen LogP contribution in [0.25, 0.3) is 0 Å². The Hall–Kier alpha value is -0.900. The third kappa shape index (κ3) is 1.96. The van der Waals surface area contributed by atoms with E-state index < -0.39 is 5.60 Å². The zero-order chi connectivity index (χ0) is 12.6. The third-order valence-electron chi connectivity index (χ3n) is 4.45. The molecule has 0 radical (unpaired) electrons. The van der Waals surface area contributed by atoms with Crippen LogP contribution in [-0.4, -0.2) is 30.5 Å². The summed E-state index contributed by atoms with van der Waals surface area (Å²) in [5, 5.41) is 14.4. The van der Waals surface area contributed by atoms with E-state index in [1.165, 1.54) is 11.1 Å². The Morgan fingerprint density at radius 2 is 2.22 bits per heavy atom. The molecule has 3 rings (SSSR count). The molecular weight excluding hydrogens is 226 g/mol. The maximum absolute atomic E-state index is 10.9. The molecule has 2 aliphatic heterocycles. The highest BCUT2D eigenvalue weighted by atomic mass is 16.5. The van der Waals surface area contributed by atoms with Gasteiger partial charge in [-0.1, -0.05) is 24.3 Å². The normalized spacial score (nSPS) is 30.8. The Balaban J connectivity index is 1.92. The van der Waals surface area contributed by atoms with E-state index in [4.69, 9.17) is 4.74 Å². The number of aliphatic hydroxyl groups is 1. The van der Waals surface area contributed by atoms with Crippen LogP contribution in [0.2, 0.25) is 0 Å². The van der Waals surface area contributed by atoms with Crippen LogP contribution in [0.3, 0.4) is 0 Å². The first kappa shape index (κ1) is 12.2. The number of hydrogen-bond donors (Lipinski definition) is 2. The van der Waals surface area contributed by atoms with Gasteiger partial charge in [0.05, 0.1) is 18.2 Å². The monoisotopic (exact) mass is 247 g/mol. The zero-order valence-corrected chi connectivity index (χ0v) is 10.9. The Kier molecular flexibility index (Phi) is 3.14. The highest BCUT2D eigenvalue weighted by Crippen LogP contribution is 2.38. The van der Waals surface area contributed by atoms with Gasteiger partial charge >= 0.3 is 0 Å². The highest BCUT2D eigenvalue weighted by molar-refractivity contribution is 5.34. The van der Waals surface area contributed by atoms with E-state index in [-0.39, 0.29) is 12.0 Å². The number of ether oxygens (including phenoxy) is 1. The molecule has 1 aromatic rings. The predicted octanol–water partition coefficient (Wildman–Crippen LogP) is 1.66. The van der Waals surface area contributed by atoms with Gasteiger partial charge in [-0.3, -0.25) is 0 Å². The van der Waals surface area contributed by atoms with E-state index in [0.29, 0.717) is 6.61 Å². The van der Waals surface area contributed by atoms with E-state index in [9.17, 15) is 5.11 Å². The second-order valence-electron chi connectivity index (χ2n) is 5.62. The van der Waals surface area contributed by atoms with Crippen LogP contribution in [0.1, 0.15) is 30.5 Å². The largest absolute Gasteiger partial charge is 0.388 e. The molecule has 3 atom stereocenters. The van der Waals surface area contributed by atoms with Crippen molar-refractivity contribution in [2.24, 2.45) is 5.92 Å².